The van der Waals surface area contributed by atoms with Crippen LogP contribution in [-0.2, 0) is 4.79 Å². The molecule has 0 spiro atoms. The highest BCUT2D eigenvalue weighted by molar-refractivity contribution is 9.10. The van der Waals surface area contributed by atoms with Gasteiger partial charge in [-0.15, -0.1) is 0 Å². The van der Waals surface area contributed by atoms with E-state index >= 15 is 0 Å². The van der Waals surface area contributed by atoms with E-state index in [0.717, 1.165) is 4.90 Å². The third-order valence-corrected chi connectivity index (χ3v) is 3.45. The zero-order valence-electron chi connectivity index (χ0n) is 9.91. The Labute approximate surface area is 117 Å². The van der Waals surface area contributed by atoms with E-state index in [1.807, 2.05) is 0 Å². The molecule has 1 heterocycles. The van der Waals surface area contributed by atoms with Crippen molar-refractivity contribution in [1.82, 2.24) is 4.90 Å². The van der Waals surface area contributed by atoms with Gasteiger partial charge in [0.15, 0.2) is 0 Å². The van der Waals surface area contributed by atoms with Gasteiger partial charge < -0.3 is 20.8 Å². The summed E-state index contributed by atoms with van der Waals surface area (Å²) >= 11 is 3.23. The van der Waals surface area contributed by atoms with E-state index in [9.17, 15) is 14.7 Å². The second-order valence-corrected chi connectivity index (χ2v) is 5.39. The maximum atomic E-state index is 12.3. The normalized spacial score (nSPS) is 22.5. The topological polar surface area (TPSA) is 104 Å². The number of anilines is 1. The van der Waals surface area contributed by atoms with E-state index in [1.165, 1.54) is 6.07 Å². The summed E-state index contributed by atoms with van der Waals surface area (Å²) in [5.74, 6) is -1.56. The zero-order valence-corrected chi connectivity index (χ0v) is 11.5. The maximum absolute atomic E-state index is 12.3. The number of aliphatic hydroxyl groups is 1. The molecule has 0 aliphatic carbocycles. The van der Waals surface area contributed by atoms with Crippen LogP contribution in [0.3, 0.4) is 0 Å². The Hall–Kier alpha value is -1.60. The van der Waals surface area contributed by atoms with E-state index in [-0.39, 0.29) is 13.0 Å². The number of benzene rings is 1. The highest BCUT2D eigenvalue weighted by atomic mass is 79.9. The summed E-state index contributed by atoms with van der Waals surface area (Å²) in [5, 5.41) is 18.6. The lowest BCUT2D eigenvalue weighted by Gasteiger charge is -2.21. The number of aliphatic hydroxyl groups excluding tert-OH is 1. The molecule has 1 fully saturated rings. The van der Waals surface area contributed by atoms with Crippen LogP contribution in [0.2, 0.25) is 0 Å². The van der Waals surface area contributed by atoms with E-state index in [0.29, 0.717) is 15.7 Å². The van der Waals surface area contributed by atoms with Crippen LogP contribution in [0, 0.1) is 0 Å². The summed E-state index contributed by atoms with van der Waals surface area (Å²) in [6, 6.07) is 3.70. The van der Waals surface area contributed by atoms with E-state index in [4.69, 9.17) is 10.8 Å². The van der Waals surface area contributed by atoms with E-state index < -0.39 is 24.0 Å². The van der Waals surface area contributed by atoms with Gasteiger partial charge in [-0.1, -0.05) is 15.9 Å². The van der Waals surface area contributed by atoms with Crippen molar-refractivity contribution in [3.8, 4) is 0 Å². The summed E-state index contributed by atoms with van der Waals surface area (Å²) in [4.78, 5) is 24.5. The van der Waals surface area contributed by atoms with Crippen molar-refractivity contribution in [2.75, 3.05) is 12.3 Å². The number of nitrogens with two attached hydrogens (primary N) is 1. The van der Waals surface area contributed by atoms with Crippen molar-refractivity contribution >= 4 is 33.5 Å². The number of rotatable bonds is 2. The molecule has 0 aromatic heterocycles. The Kier molecular flexibility index (Phi) is 3.77. The van der Waals surface area contributed by atoms with Gasteiger partial charge in [-0.05, 0) is 18.2 Å². The third-order valence-electron chi connectivity index (χ3n) is 2.99. The lowest BCUT2D eigenvalue weighted by atomic mass is 10.1. The van der Waals surface area contributed by atoms with Crippen LogP contribution in [0.15, 0.2) is 22.7 Å². The number of amides is 1. The first-order valence-corrected chi connectivity index (χ1v) is 6.45. The number of carboxylic acid groups (broad SMARTS) is 1. The average Bonchev–Trinajstić information content (AvgIpc) is 2.69. The van der Waals surface area contributed by atoms with Gasteiger partial charge in [-0.2, -0.15) is 0 Å². The first-order chi connectivity index (χ1) is 8.88. The summed E-state index contributed by atoms with van der Waals surface area (Å²) in [7, 11) is 0. The van der Waals surface area contributed by atoms with Crippen molar-refractivity contribution < 1.29 is 19.8 Å². The predicted molar refractivity (Wildman–Crippen MR) is 71.6 cm³/mol. The Morgan fingerprint density at radius 3 is 2.63 bits per heavy atom. The number of halogens is 1. The number of likely N-dealkylation sites (tertiary alicyclic amines) is 1. The van der Waals surface area contributed by atoms with Crippen LogP contribution in [0.4, 0.5) is 5.69 Å². The fourth-order valence-electron chi connectivity index (χ4n) is 2.17. The molecule has 7 heteroatoms. The summed E-state index contributed by atoms with van der Waals surface area (Å²) in [6.07, 6.45) is -0.764. The Morgan fingerprint density at radius 2 is 2.05 bits per heavy atom. The molecular weight excluding hydrogens is 316 g/mol. The van der Waals surface area contributed by atoms with Gasteiger partial charge in [0, 0.05) is 28.7 Å². The molecule has 102 valence electrons. The smallest absolute Gasteiger partial charge is 0.326 e. The SMILES string of the molecule is Nc1cc(Br)cc(C(=O)N2C[C@@H](O)C[C@H]2C(=O)O)c1. The Bertz CT molecular complexity index is 514. The molecule has 2 atom stereocenters. The molecule has 1 aromatic carbocycles. The number of hydrogen-bond acceptors (Lipinski definition) is 4. The van der Waals surface area contributed by atoms with Gasteiger partial charge in [0.1, 0.15) is 6.04 Å². The van der Waals surface area contributed by atoms with Gasteiger partial charge in [0.25, 0.3) is 5.91 Å². The summed E-state index contributed by atoms with van der Waals surface area (Å²) in [5.41, 5.74) is 6.36. The molecule has 19 heavy (non-hydrogen) atoms. The van der Waals surface area contributed by atoms with Gasteiger partial charge in [0.05, 0.1) is 6.10 Å². The number of nitrogens with zero attached hydrogens (tertiary/aromatic N) is 1. The van der Waals surface area contributed by atoms with Crippen molar-refractivity contribution in [3.63, 3.8) is 0 Å². The fourth-order valence-corrected chi connectivity index (χ4v) is 2.68. The maximum Gasteiger partial charge on any atom is 0.326 e. The Balaban J connectivity index is 2.30. The van der Waals surface area contributed by atoms with Gasteiger partial charge in [-0.3, -0.25) is 4.79 Å². The number of hydrogen-bond donors (Lipinski definition) is 3. The van der Waals surface area contributed by atoms with Crippen LogP contribution in [0.1, 0.15) is 16.8 Å². The fraction of sp³-hybridized carbons (Fsp3) is 0.333. The lowest BCUT2D eigenvalue weighted by Crippen LogP contribution is -2.40. The largest absolute Gasteiger partial charge is 0.480 e. The van der Waals surface area contributed by atoms with Gasteiger partial charge >= 0.3 is 5.97 Å². The monoisotopic (exact) mass is 328 g/mol. The Morgan fingerprint density at radius 1 is 1.37 bits per heavy atom. The molecular formula is C12H13BrN2O4. The van der Waals surface area contributed by atoms with Gasteiger partial charge in [0.2, 0.25) is 0 Å². The number of aliphatic carboxylic acids is 1. The second kappa shape index (κ2) is 5.18. The van der Waals surface area contributed by atoms with Gasteiger partial charge in [-0.25, -0.2) is 4.79 Å². The minimum Gasteiger partial charge on any atom is -0.480 e. The third kappa shape index (κ3) is 2.87. The molecule has 1 amide bonds. The first kappa shape index (κ1) is 13.8. The van der Waals surface area contributed by atoms with Crippen LogP contribution >= 0.6 is 15.9 Å². The zero-order chi connectivity index (χ0) is 14.2. The molecule has 0 unspecified atom stereocenters. The highest BCUT2D eigenvalue weighted by Crippen LogP contribution is 2.24. The average molecular weight is 329 g/mol. The molecule has 4 N–H and O–H groups in total. The molecule has 1 saturated heterocycles. The highest BCUT2D eigenvalue weighted by Gasteiger charge is 2.39. The van der Waals surface area contributed by atoms with E-state index in [2.05, 4.69) is 15.9 Å². The lowest BCUT2D eigenvalue weighted by molar-refractivity contribution is -0.141. The van der Waals surface area contributed by atoms with Crippen molar-refractivity contribution in [2.45, 2.75) is 18.6 Å². The van der Waals surface area contributed by atoms with E-state index in [1.54, 1.807) is 12.1 Å². The molecule has 0 bridgehead atoms. The standard InChI is InChI=1S/C12H13BrN2O4/c13-7-1-6(2-8(14)3-7)11(17)15-5-9(16)4-10(15)12(18)19/h1-3,9-10,16H,4-5,14H2,(H,18,19)/t9-,10-/m0/s1. The van der Waals surface area contributed by atoms with Crippen molar-refractivity contribution in [3.05, 3.63) is 28.2 Å². The van der Waals surface area contributed by atoms with Crippen molar-refractivity contribution in [2.24, 2.45) is 0 Å². The molecule has 1 aliphatic heterocycles. The molecule has 1 aliphatic rings. The predicted octanol–water partition coefficient (Wildman–Crippen LogP) is 0.691. The summed E-state index contributed by atoms with van der Waals surface area (Å²) in [6.45, 7) is 0.0161. The molecule has 6 nitrogen and oxygen atoms in total. The van der Waals surface area contributed by atoms with Crippen LogP contribution in [0.5, 0.6) is 0 Å². The molecule has 1 aromatic rings. The minimum absolute atomic E-state index is 0.0161. The van der Waals surface area contributed by atoms with Crippen LogP contribution in [0.25, 0.3) is 0 Å². The number of carboxylic acids is 1. The number of nitrogen functional groups attached to an aromatic ring is 1. The minimum atomic E-state index is -1.12. The number of β-amino-alcohol motifs (C(OH)–C–C–N with tert-alkyl or cyclic N) is 1. The number of carbonyl (C=O) groups excluding carboxylic acids is 1. The van der Waals surface area contributed by atoms with Crippen LogP contribution in [-0.4, -0.2) is 45.7 Å². The number of carbonyl (C=O) groups is 2. The van der Waals surface area contributed by atoms with Crippen molar-refractivity contribution in [1.29, 1.82) is 0 Å². The molecule has 0 saturated carbocycles. The quantitative estimate of drug-likeness (QED) is 0.693. The first-order valence-electron chi connectivity index (χ1n) is 5.66. The summed E-state index contributed by atoms with van der Waals surface area (Å²) < 4.78 is 0.641. The second-order valence-electron chi connectivity index (χ2n) is 4.47. The molecule has 0 radical (unpaired) electrons. The van der Waals surface area contributed by atoms with Crippen LogP contribution < -0.4 is 5.73 Å². The molecule has 2 rings (SSSR count).